The number of nitrogens with one attached hydrogen (secondary N) is 2. The molecule has 0 fully saturated rings. The van der Waals surface area contributed by atoms with E-state index in [-0.39, 0.29) is 0 Å². The Morgan fingerprint density at radius 1 is 1.15 bits per heavy atom. The fourth-order valence-electron chi connectivity index (χ4n) is 2.55. The molecule has 0 atom stereocenters. The zero-order valence-corrected chi connectivity index (χ0v) is 15.9. The maximum atomic E-state index is 6.27. The van der Waals surface area contributed by atoms with Gasteiger partial charge in [0.1, 0.15) is 18.4 Å². The van der Waals surface area contributed by atoms with Crippen LogP contribution < -0.4 is 20.1 Å². The lowest BCUT2D eigenvalue weighted by Gasteiger charge is -2.20. The van der Waals surface area contributed by atoms with Gasteiger partial charge in [-0.2, -0.15) is 0 Å². The van der Waals surface area contributed by atoms with Gasteiger partial charge in [0.05, 0.1) is 5.02 Å². The van der Waals surface area contributed by atoms with Gasteiger partial charge in [-0.25, -0.2) is 4.98 Å². The smallest absolute Gasteiger partial charge is 0.191 e. The molecule has 0 amide bonds. The van der Waals surface area contributed by atoms with Crippen LogP contribution in [0, 0.1) is 0 Å². The highest BCUT2D eigenvalue weighted by Crippen LogP contribution is 2.38. The number of fused-ring (bicyclic) bond motifs is 1. The molecule has 26 heavy (non-hydrogen) atoms. The van der Waals surface area contributed by atoms with Crippen molar-refractivity contribution in [3.63, 3.8) is 0 Å². The van der Waals surface area contributed by atoms with Crippen molar-refractivity contribution < 1.29 is 9.47 Å². The van der Waals surface area contributed by atoms with E-state index in [1.807, 2.05) is 18.2 Å². The van der Waals surface area contributed by atoms with E-state index < -0.39 is 0 Å². The quantitative estimate of drug-likeness (QED) is 0.463. The molecular weight excluding hydrogens is 375 g/mol. The highest BCUT2D eigenvalue weighted by molar-refractivity contribution is 6.32. The number of rotatable bonds is 5. The molecule has 2 heterocycles. The third-order valence-electron chi connectivity index (χ3n) is 3.83. The van der Waals surface area contributed by atoms with Crippen molar-refractivity contribution >= 4 is 29.2 Å². The van der Waals surface area contributed by atoms with Crippen molar-refractivity contribution in [2.75, 3.05) is 26.8 Å². The summed E-state index contributed by atoms with van der Waals surface area (Å²) in [5, 5.41) is 7.58. The van der Waals surface area contributed by atoms with Gasteiger partial charge in [0.2, 0.25) is 0 Å². The van der Waals surface area contributed by atoms with Crippen molar-refractivity contribution in [2.45, 2.75) is 13.0 Å². The number of aliphatic imine (C=N–C) groups is 1. The first-order chi connectivity index (χ1) is 12.7. The van der Waals surface area contributed by atoms with Crippen LogP contribution >= 0.6 is 23.2 Å². The molecule has 0 spiro atoms. The predicted molar refractivity (Wildman–Crippen MR) is 104 cm³/mol. The zero-order chi connectivity index (χ0) is 18.4. The molecule has 0 unspecified atom stereocenters. The standard InChI is InChI=1S/C18H20Cl2N4O2/c1-21-18(22-5-4-12-2-3-16(20)23-10-12)24-11-13-8-14(19)17-15(9-13)25-6-7-26-17/h2-3,8-10H,4-7,11H2,1H3,(H2,21,22,24). The maximum absolute atomic E-state index is 6.27. The Morgan fingerprint density at radius 2 is 2.00 bits per heavy atom. The first-order valence-electron chi connectivity index (χ1n) is 8.28. The summed E-state index contributed by atoms with van der Waals surface area (Å²) in [7, 11) is 1.73. The predicted octanol–water partition coefficient (Wildman–Crippen LogP) is 3.07. The number of hydrogen-bond acceptors (Lipinski definition) is 4. The molecule has 0 aliphatic carbocycles. The van der Waals surface area contributed by atoms with Gasteiger partial charge in [-0.15, -0.1) is 0 Å². The molecule has 1 aromatic heterocycles. The van der Waals surface area contributed by atoms with E-state index in [0.717, 1.165) is 24.1 Å². The summed E-state index contributed by atoms with van der Waals surface area (Å²) in [5.74, 6) is 2.00. The molecule has 6 nitrogen and oxygen atoms in total. The Labute approximate surface area is 162 Å². The Bertz CT molecular complexity index is 782. The molecule has 1 aliphatic rings. The number of hydrogen-bond donors (Lipinski definition) is 2. The highest BCUT2D eigenvalue weighted by atomic mass is 35.5. The van der Waals surface area contributed by atoms with Crippen molar-refractivity contribution in [1.82, 2.24) is 15.6 Å². The van der Waals surface area contributed by atoms with Crippen molar-refractivity contribution in [2.24, 2.45) is 4.99 Å². The lowest BCUT2D eigenvalue weighted by molar-refractivity contribution is 0.171. The first kappa shape index (κ1) is 18.6. The molecular formula is C18H20Cl2N4O2. The van der Waals surface area contributed by atoms with Gasteiger partial charge in [-0.05, 0) is 35.7 Å². The van der Waals surface area contributed by atoms with Crippen LogP contribution in [0.1, 0.15) is 11.1 Å². The monoisotopic (exact) mass is 394 g/mol. The van der Waals surface area contributed by atoms with E-state index in [4.69, 9.17) is 32.7 Å². The molecule has 2 N–H and O–H groups in total. The minimum absolute atomic E-state index is 0.497. The Morgan fingerprint density at radius 3 is 2.77 bits per heavy atom. The van der Waals surface area contributed by atoms with Crippen LogP contribution in [0.3, 0.4) is 0 Å². The van der Waals surface area contributed by atoms with E-state index in [1.165, 1.54) is 0 Å². The van der Waals surface area contributed by atoms with Crippen LogP contribution in [0.2, 0.25) is 10.2 Å². The summed E-state index contributed by atoms with van der Waals surface area (Å²) in [6.07, 6.45) is 2.60. The van der Waals surface area contributed by atoms with Crippen molar-refractivity contribution in [1.29, 1.82) is 0 Å². The van der Waals surface area contributed by atoms with Gasteiger partial charge in [0, 0.05) is 26.3 Å². The number of halogens is 2. The SMILES string of the molecule is CN=C(NCCc1ccc(Cl)nc1)NCc1cc(Cl)c2c(c1)OCCO2. The number of benzene rings is 1. The third kappa shape index (κ3) is 4.93. The van der Waals surface area contributed by atoms with Crippen molar-refractivity contribution in [3.8, 4) is 11.5 Å². The molecule has 8 heteroatoms. The van der Waals surface area contributed by atoms with E-state index >= 15 is 0 Å². The van der Waals surface area contributed by atoms with Crippen LogP contribution in [0.25, 0.3) is 0 Å². The number of pyridine rings is 1. The number of guanidine groups is 1. The summed E-state index contributed by atoms with van der Waals surface area (Å²) in [5.41, 5.74) is 2.10. The fraction of sp³-hybridized carbons (Fsp3) is 0.333. The van der Waals surface area contributed by atoms with E-state index in [1.54, 1.807) is 19.3 Å². The Hall–Kier alpha value is -2.18. The highest BCUT2D eigenvalue weighted by Gasteiger charge is 2.16. The lowest BCUT2D eigenvalue weighted by atomic mass is 10.2. The molecule has 0 bridgehead atoms. The zero-order valence-electron chi connectivity index (χ0n) is 14.4. The number of nitrogens with zero attached hydrogens (tertiary/aromatic N) is 2. The fourth-order valence-corrected chi connectivity index (χ4v) is 2.95. The lowest BCUT2D eigenvalue weighted by Crippen LogP contribution is -2.37. The summed E-state index contributed by atoms with van der Waals surface area (Å²) < 4.78 is 11.1. The van der Waals surface area contributed by atoms with E-state index in [0.29, 0.717) is 47.4 Å². The first-order valence-corrected chi connectivity index (χ1v) is 9.04. The van der Waals surface area contributed by atoms with Gasteiger partial charge in [-0.1, -0.05) is 29.3 Å². The van der Waals surface area contributed by atoms with Crippen LogP contribution in [-0.4, -0.2) is 37.7 Å². The largest absolute Gasteiger partial charge is 0.486 e. The van der Waals surface area contributed by atoms with Crippen LogP contribution in [0.4, 0.5) is 0 Å². The molecule has 1 aliphatic heterocycles. The third-order valence-corrected chi connectivity index (χ3v) is 4.34. The second kappa shape index (κ2) is 8.96. The molecule has 138 valence electrons. The van der Waals surface area contributed by atoms with Gasteiger partial charge in [0.15, 0.2) is 17.5 Å². The normalized spacial score (nSPS) is 13.4. The summed E-state index contributed by atoms with van der Waals surface area (Å²) in [6.45, 7) is 2.34. The summed E-state index contributed by atoms with van der Waals surface area (Å²) >= 11 is 12.1. The van der Waals surface area contributed by atoms with Gasteiger partial charge >= 0.3 is 0 Å². The second-order valence-corrected chi connectivity index (χ2v) is 6.49. The average molecular weight is 395 g/mol. The molecule has 0 saturated heterocycles. The average Bonchev–Trinajstić information content (AvgIpc) is 2.66. The van der Waals surface area contributed by atoms with E-state index in [9.17, 15) is 0 Å². The van der Waals surface area contributed by atoms with E-state index in [2.05, 4.69) is 20.6 Å². The molecule has 1 aromatic carbocycles. The Balaban J connectivity index is 1.51. The molecule has 2 aromatic rings. The van der Waals surface area contributed by atoms with Gasteiger partial charge in [0.25, 0.3) is 0 Å². The van der Waals surface area contributed by atoms with Crippen molar-refractivity contribution in [3.05, 3.63) is 51.8 Å². The maximum Gasteiger partial charge on any atom is 0.191 e. The van der Waals surface area contributed by atoms with Crippen LogP contribution in [-0.2, 0) is 13.0 Å². The molecule has 0 saturated carbocycles. The summed E-state index contributed by atoms with van der Waals surface area (Å²) in [4.78, 5) is 8.30. The van der Waals surface area contributed by atoms with Crippen LogP contribution in [0.5, 0.6) is 11.5 Å². The number of aromatic nitrogens is 1. The number of ether oxygens (including phenoxy) is 2. The van der Waals surface area contributed by atoms with Gasteiger partial charge < -0.3 is 20.1 Å². The Kier molecular flexibility index (Phi) is 6.41. The van der Waals surface area contributed by atoms with Gasteiger partial charge in [-0.3, -0.25) is 4.99 Å². The minimum Gasteiger partial charge on any atom is -0.486 e. The minimum atomic E-state index is 0.497. The van der Waals surface area contributed by atoms with Crippen LogP contribution in [0.15, 0.2) is 35.5 Å². The molecule has 3 rings (SSSR count). The topological polar surface area (TPSA) is 67.8 Å². The molecule has 0 radical (unpaired) electrons. The summed E-state index contributed by atoms with van der Waals surface area (Å²) in [6, 6.07) is 7.55. The second-order valence-electron chi connectivity index (χ2n) is 5.69.